The molecule has 0 spiro atoms. The highest BCUT2D eigenvalue weighted by atomic mass is 32.2. The third-order valence-corrected chi connectivity index (χ3v) is 4.76. The van der Waals surface area contributed by atoms with Crippen LogP contribution in [0.4, 0.5) is 5.69 Å². The molecule has 5 nitrogen and oxygen atoms in total. The first-order valence-corrected chi connectivity index (χ1v) is 7.80. The summed E-state index contributed by atoms with van der Waals surface area (Å²) in [5.74, 6) is -1.04. The molecule has 1 unspecified atom stereocenters. The van der Waals surface area contributed by atoms with Crippen molar-refractivity contribution in [2.45, 2.75) is 38.1 Å². The fourth-order valence-corrected chi connectivity index (χ4v) is 3.09. The molecule has 6 heteroatoms. The fourth-order valence-electron chi connectivity index (χ4n) is 1.64. The zero-order chi connectivity index (χ0) is 14.6. The van der Waals surface area contributed by atoms with Gasteiger partial charge in [-0.15, -0.1) is 0 Å². The van der Waals surface area contributed by atoms with Crippen molar-refractivity contribution in [3.63, 3.8) is 0 Å². The number of carbonyl (C=O) groups excluding carboxylic acids is 1. The number of sulfone groups is 1. The van der Waals surface area contributed by atoms with Crippen LogP contribution < -0.4 is 11.1 Å². The molecule has 3 N–H and O–H groups in total. The highest BCUT2D eigenvalue weighted by Crippen LogP contribution is 2.21. The standard InChI is InChI=1S/C13H20N2O3S/c1-4-9(2)15-13(16)8-19(17,18)12-7-5-6-11(14)10(12)3/h5-7,9H,4,8,14H2,1-3H3,(H,15,16). The summed E-state index contributed by atoms with van der Waals surface area (Å²) in [6.07, 6.45) is 0.753. The lowest BCUT2D eigenvalue weighted by Gasteiger charge is -2.13. The van der Waals surface area contributed by atoms with Gasteiger partial charge >= 0.3 is 0 Å². The van der Waals surface area contributed by atoms with E-state index in [2.05, 4.69) is 5.32 Å². The number of hydrogen-bond acceptors (Lipinski definition) is 4. The Bertz CT molecular complexity index is 567. The number of nitrogens with one attached hydrogen (secondary N) is 1. The van der Waals surface area contributed by atoms with Gasteiger partial charge in [0.15, 0.2) is 9.84 Å². The molecule has 1 aromatic rings. The van der Waals surface area contributed by atoms with Crippen molar-refractivity contribution in [3.05, 3.63) is 23.8 Å². The summed E-state index contributed by atoms with van der Waals surface area (Å²) in [5, 5.41) is 2.64. The number of amides is 1. The van der Waals surface area contributed by atoms with Crippen LogP contribution >= 0.6 is 0 Å². The summed E-state index contributed by atoms with van der Waals surface area (Å²) < 4.78 is 24.3. The van der Waals surface area contributed by atoms with Crippen LogP contribution in [0.2, 0.25) is 0 Å². The number of carbonyl (C=O) groups is 1. The van der Waals surface area contributed by atoms with E-state index in [1.807, 2.05) is 13.8 Å². The van der Waals surface area contributed by atoms with Gasteiger partial charge in [-0.1, -0.05) is 13.0 Å². The van der Waals surface area contributed by atoms with Crippen LogP contribution in [0.1, 0.15) is 25.8 Å². The molecule has 0 aliphatic carbocycles. The Morgan fingerprint density at radius 3 is 2.63 bits per heavy atom. The molecule has 1 rings (SSSR count). The number of nitrogens with two attached hydrogens (primary N) is 1. The first kappa shape index (κ1) is 15.5. The van der Waals surface area contributed by atoms with Crippen molar-refractivity contribution < 1.29 is 13.2 Å². The maximum atomic E-state index is 12.2. The molecule has 0 aromatic heterocycles. The molecule has 1 amide bonds. The molecule has 19 heavy (non-hydrogen) atoms. The Morgan fingerprint density at radius 2 is 2.05 bits per heavy atom. The maximum absolute atomic E-state index is 12.2. The van der Waals surface area contributed by atoms with E-state index in [1.165, 1.54) is 6.07 Å². The Hall–Kier alpha value is -1.56. The third kappa shape index (κ3) is 3.96. The van der Waals surface area contributed by atoms with Gasteiger partial charge in [0.25, 0.3) is 0 Å². The van der Waals surface area contributed by atoms with Gasteiger partial charge in [-0.05, 0) is 38.0 Å². The third-order valence-electron chi connectivity index (χ3n) is 3.00. The second-order valence-electron chi connectivity index (χ2n) is 4.61. The van der Waals surface area contributed by atoms with E-state index in [0.717, 1.165) is 6.42 Å². The van der Waals surface area contributed by atoms with E-state index >= 15 is 0 Å². The number of nitrogen functional groups attached to an aromatic ring is 1. The fraction of sp³-hybridized carbons (Fsp3) is 0.462. The van der Waals surface area contributed by atoms with E-state index in [9.17, 15) is 13.2 Å². The minimum Gasteiger partial charge on any atom is -0.398 e. The van der Waals surface area contributed by atoms with Gasteiger partial charge in [-0.2, -0.15) is 0 Å². The molecule has 0 aliphatic heterocycles. The molecule has 0 bridgehead atoms. The number of benzene rings is 1. The van der Waals surface area contributed by atoms with Gasteiger partial charge < -0.3 is 11.1 Å². The SMILES string of the molecule is CCC(C)NC(=O)CS(=O)(=O)c1cccc(N)c1C. The summed E-state index contributed by atoms with van der Waals surface area (Å²) in [4.78, 5) is 11.8. The minimum absolute atomic E-state index is 0.0374. The summed E-state index contributed by atoms with van der Waals surface area (Å²) >= 11 is 0. The predicted molar refractivity (Wildman–Crippen MR) is 75.5 cm³/mol. The summed E-state index contributed by atoms with van der Waals surface area (Å²) in [5.41, 5.74) is 6.58. The van der Waals surface area contributed by atoms with E-state index in [0.29, 0.717) is 11.3 Å². The van der Waals surface area contributed by atoms with E-state index < -0.39 is 21.5 Å². The molecule has 0 saturated carbocycles. The quantitative estimate of drug-likeness (QED) is 0.797. The van der Waals surface area contributed by atoms with E-state index in [1.54, 1.807) is 19.1 Å². The van der Waals surface area contributed by atoms with Crippen LogP contribution in [0, 0.1) is 6.92 Å². The lowest BCUT2D eigenvalue weighted by molar-refractivity contribution is -0.119. The van der Waals surface area contributed by atoms with Gasteiger partial charge in [0.1, 0.15) is 5.75 Å². The molecule has 1 aromatic carbocycles. The minimum atomic E-state index is -3.66. The van der Waals surface area contributed by atoms with Crippen LogP contribution in [0.5, 0.6) is 0 Å². The normalized spacial score (nSPS) is 13.0. The first-order chi connectivity index (χ1) is 8.77. The summed E-state index contributed by atoms with van der Waals surface area (Å²) in [6.45, 7) is 5.38. The van der Waals surface area contributed by atoms with E-state index in [-0.39, 0.29) is 10.9 Å². The van der Waals surface area contributed by atoms with E-state index in [4.69, 9.17) is 5.73 Å². The molecular weight excluding hydrogens is 264 g/mol. The van der Waals surface area contributed by atoms with Crippen molar-refractivity contribution in [1.82, 2.24) is 5.32 Å². The highest BCUT2D eigenvalue weighted by molar-refractivity contribution is 7.92. The molecule has 106 valence electrons. The highest BCUT2D eigenvalue weighted by Gasteiger charge is 2.22. The van der Waals surface area contributed by atoms with Crippen LogP contribution in [-0.4, -0.2) is 26.1 Å². The van der Waals surface area contributed by atoms with Gasteiger partial charge in [-0.3, -0.25) is 4.79 Å². The largest absolute Gasteiger partial charge is 0.398 e. The molecule has 0 aliphatic rings. The Kier molecular flexibility index (Phi) is 4.94. The lowest BCUT2D eigenvalue weighted by atomic mass is 10.2. The van der Waals surface area contributed by atoms with Gasteiger partial charge in [0.05, 0.1) is 4.90 Å². The second-order valence-corrected chi connectivity index (χ2v) is 6.56. The zero-order valence-electron chi connectivity index (χ0n) is 11.4. The molecule has 0 fully saturated rings. The average Bonchev–Trinajstić information content (AvgIpc) is 2.31. The van der Waals surface area contributed by atoms with Gasteiger partial charge in [-0.25, -0.2) is 8.42 Å². The first-order valence-electron chi connectivity index (χ1n) is 6.15. The van der Waals surface area contributed by atoms with Crippen LogP contribution in [0.15, 0.2) is 23.1 Å². The summed E-state index contributed by atoms with van der Waals surface area (Å²) in [7, 11) is -3.66. The molecule has 0 radical (unpaired) electrons. The zero-order valence-corrected chi connectivity index (χ0v) is 12.3. The molecule has 0 saturated heterocycles. The van der Waals surface area contributed by atoms with Crippen LogP contribution in [0.3, 0.4) is 0 Å². The lowest BCUT2D eigenvalue weighted by Crippen LogP contribution is -2.36. The number of hydrogen-bond donors (Lipinski definition) is 2. The Labute approximate surface area is 114 Å². The second kappa shape index (κ2) is 6.06. The molecule has 1 atom stereocenters. The van der Waals surface area contributed by atoms with Crippen molar-refractivity contribution >= 4 is 21.4 Å². The van der Waals surface area contributed by atoms with Crippen LogP contribution in [-0.2, 0) is 14.6 Å². The van der Waals surface area contributed by atoms with Gasteiger partial charge in [0.2, 0.25) is 5.91 Å². The average molecular weight is 284 g/mol. The smallest absolute Gasteiger partial charge is 0.235 e. The number of rotatable bonds is 5. The Balaban J connectivity index is 2.93. The van der Waals surface area contributed by atoms with Crippen LogP contribution in [0.25, 0.3) is 0 Å². The van der Waals surface area contributed by atoms with Gasteiger partial charge in [0, 0.05) is 11.7 Å². The monoisotopic (exact) mass is 284 g/mol. The predicted octanol–water partition coefficient (Wildman–Crippen LogP) is 1.27. The molecular formula is C13H20N2O3S. The van der Waals surface area contributed by atoms with Crippen molar-refractivity contribution in [1.29, 1.82) is 0 Å². The Morgan fingerprint density at radius 1 is 1.42 bits per heavy atom. The number of anilines is 1. The van der Waals surface area contributed by atoms with Crippen molar-refractivity contribution in [3.8, 4) is 0 Å². The molecule has 0 heterocycles. The summed E-state index contributed by atoms with van der Waals surface area (Å²) in [6, 6.07) is 4.64. The van der Waals surface area contributed by atoms with Crippen molar-refractivity contribution in [2.75, 3.05) is 11.5 Å². The van der Waals surface area contributed by atoms with Crippen molar-refractivity contribution in [2.24, 2.45) is 0 Å². The topological polar surface area (TPSA) is 89.3 Å². The maximum Gasteiger partial charge on any atom is 0.235 e.